The summed E-state index contributed by atoms with van der Waals surface area (Å²) >= 11 is 5.92. The van der Waals surface area contributed by atoms with Gasteiger partial charge in [-0.25, -0.2) is 13.2 Å². The van der Waals surface area contributed by atoms with Crippen LogP contribution in [0.2, 0.25) is 5.02 Å². The second kappa shape index (κ2) is 6.56. The van der Waals surface area contributed by atoms with E-state index < -0.39 is 16.0 Å². The van der Waals surface area contributed by atoms with Gasteiger partial charge in [0.2, 0.25) is 10.0 Å². The lowest BCUT2D eigenvalue weighted by Crippen LogP contribution is -2.34. The van der Waals surface area contributed by atoms with Crippen molar-refractivity contribution in [2.24, 2.45) is 5.92 Å². The molecule has 0 aliphatic carbocycles. The molecule has 0 aliphatic rings. The van der Waals surface area contributed by atoms with E-state index in [1.807, 2.05) is 13.8 Å². The molecule has 0 radical (unpaired) electrons. The maximum atomic E-state index is 12.5. The van der Waals surface area contributed by atoms with Crippen molar-refractivity contribution in [2.75, 3.05) is 13.1 Å². The molecule has 0 unspecified atom stereocenters. The SMILES string of the molecule is CCN(CC(C)C)S(=O)(=O)c1cc(C(=O)O)ccc1Cl. The Bertz CT molecular complexity index is 598. The largest absolute Gasteiger partial charge is 0.478 e. The fraction of sp³-hybridized carbons (Fsp3) is 0.462. The zero-order chi connectivity index (χ0) is 15.5. The molecule has 0 saturated carbocycles. The first-order chi connectivity index (χ1) is 9.20. The summed E-state index contributed by atoms with van der Waals surface area (Å²) in [4.78, 5) is 10.8. The van der Waals surface area contributed by atoms with Gasteiger partial charge in [-0.15, -0.1) is 0 Å². The van der Waals surface area contributed by atoms with Gasteiger partial charge in [0, 0.05) is 13.1 Å². The Morgan fingerprint density at radius 3 is 2.45 bits per heavy atom. The van der Waals surface area contributed by atoms with Gasteiger partial charge in [-0.2, -0.15) is 4.31 Å². The van der Waals surface area contributed by atoms with E-state index in [4.69, 9.17) is 16.7 Å². The second-order valence-electron chi connectivity index (χ2n) is 4.80. The van der Waals surface area contributed by atoms with Crippen LogP contribution in [-0.2, 0) is 10.0 Å². The summed E-state index contributed by atoms with van der Waals surface area (Å²) in [6.45, 7) is 6.20. The number of carbonyl (C=O) groups is 1. The fourth-order valence-corrected chi connectivity index (χ4v) is 3.89. The van der Waals surface area contributed by atoms with Crippen molar-refractivity contribution in [3.8, 4) is 0 Å². The van der Waals surface area contributed by atoms with Crippen LogP contribution < -0.4 is 0 Å². The van der Waals surface area contributed by atoms with Gasteiger partial charge >= 0.3 is 5.97 Å². The van der Waals surface area contributed by atoms with Crippen LogP contribution in [0, 0.1) is 5.92 Å². The smallest absolute Gasteiger partial charge is 0.335 e. The first kappa shape index (κ1) is 16.9. The van der Waals surface area contributed by atoms with Crippen molar-refractivity contribution < 1.29 is 18.3 Å². The minimum atomic E-state index is -3.79. The summed E-state index contributed by atoms with van der Waals surface area (Å²) < 4.78 is 26.4. The Hall–Kier alpha value is -1.11. The molecule has 0 spiro atoms. The number of rotatable bonds is 6. The number of sulfonamides is 1. The summed E-state index contributed by atoms with van der Waals surface area (Å²) in [7, 11) is -3.79. The average molecular weight is 320 g/mol. The van der Waals surface area contributed by atoms with Gasteiger partial charge in [0.15, 0.2) is 0 Å². The standard InChI is InChI=1S/C13H18ClNO4S/c1-4-15(8-9(2)3)20(18,19)12-7-10(13(16)17)5-6-11(12)14/h5-7,9H,4,8H2,1-3H3,(H,16,17). The van der Waals surface area contributed by atoms with Crippen molar-refractivity contribution >= 4 is 27.6 Å². The van der Waals surface area contributed by atoms with E-state index in [0.717, 1.165) is 6.07 Å². The molecular formula is C13H18ClNO4S. The molecule has 0 aromatic heterocycles. The van der Waals surface area contributed by atoms with Gasteiger partial charge in [-0.05, 0) is 24.1 Å². The predicted octanol–water partition coefficient (Wildman–Crippen LogP) is 2.70. The molecule has 7 heteroatoms. The molecule has 0 amide bonds. The van der Waals surface area contributed by atoms with E-state index in [1.165, 1.54) is 16.4 Å². The Morgan fingerprint density at radius 2 is 2.00 bits per heavy atom. The summed E-state index contributed by atoms with van der Waals surface area (Å²) in [5.41, 5.74) is -0.103. The van der Waals surface area contributed by atoms with Gasteiger partial charge in [-0.1, -0.05) is 32.4 Å². The van der Waals surface area contributed by atoms with Gasteiger partial charge < -0.3 is 5.11 Å². The van der Waals surface area contributed by atoms with Crippen molar-refractivity contribution in [3.63, 3.8) is 0 Å². The zero-order valence-electron chi connectivity index (χ0n) is 11.6. The number of halogens is 1. The Balaban J connectivity index is 3.33. The summed E-state index contributed by atoms with van der Waals surface area (Å²) in [5, 5.41) is 8.98. The van der Waals surface area contributed by atoms with Crippen LogP contribution in [0.15, 0.2) is 23.1 Å². The molecule has 0 fully saturated rings. The Kier molecular flexibility index (Phi) is 5.56. The number of hydrogen-bond acceptors (Lipinski definition) is 3. The third-order valence-corrected chi connectivity index (χ3v) is 5.14. The first-order valence-corrected chi connectivity index (χ1v) is 8.05. The van der Waals surface area contributed by atoms with Crippen molar-refractivity contribution in [3.05, 3.63) is 28.8 Å². The van der Waals surface area contributed by atoms with Gasteiger partial charge in [0.1, 0.15) is 4.90 Å². The number of benzene rings is 1. The summed E-state index contributed by atoms with van der Waals surface area (Å²) in [6.07, 6.45) is 0. The van der Waals surface area contributed by atoms with Crippen LogP contribution in [0.5, 0.6) is 0 Å². The topological polar surface area (TPSA) is 74.7 Å². The van der Waals surface area contributed by atoms with E-state index in [2.05, 4.69) is 0 Å². The van der Waals surface area contributed by atoms with Crippen LogP contribution in [0.4, 0.5) is 0 Å². The lowest BCUT2D eigenvalue weighted by Gasteiger charge is -2.23. The number of carboxylic acid groups (broad SMARTS) is 1. The third-order valence-electron chi connectivity index (χ3n) is 2.72. The molecule has 20 heavy (non-hydrogen) atoms. The van der Waals surface area contributed by atoms with Crippen LogP contribution in [0.1, 0.15) is 31.1 Å². The highest BCUT2D eigenvalue weighted by atomic mass is 35.5. The molecule has 0 saturated heterocycles. The maximum absolute atomic E-state index is 12.5. The molecule has 0 aliphatic heterocycles. The van der Waals surface area contributed by atoms with Crippen molar-refractivity contribution in [1.82, 2.24) is 4.31 Å². The molecule has 1 aromatic rings. The minimum absolute atomic E-state index is 0.0252. The number of nitrogens with zero attached hydrogens (tertiary/aromatic N) is 1. The summed E-state index contributed by atoms with van der Waals surface area (Å²) in [5.74, 6) is -1.03. The number of aromatic carboxylic acids is 1. The highest BCUT2D eigenvalue weighted by molar-refractivity contribution is 7.89. The number of carboxylic acids is 1. The highest BCUT2D eigenvalue weighted by Gasteiger charge is 2.27. The van der Waals surface area contributed by atoms with Crippen molar-refractivity contribution in [1.29, 1.82) is 0 Å². The van der Waals surface area contributed by atoms with E-state index in [9.17, 15) is 13.2 Å². The van der Waals surface area contributed by atoms with Crippen molar-refractivity contribution in [2.45, 2.75) is 25.7 Å². The molecule has 0 bridgehead atoms. The lowest BCUT2D eigenvalue weighted by atomic mass is 10.2. The molecule has 1 N–H and O–H groups in total. The Morgan fingerprint density at radius 1 is 1.40 bits per heavy atom. The summed E-state index contributed by atoms with van der Waals surface area (Å²) in [6, 6.07) is 3.67. The quantitative estimate of drug-likeness (QED) is 0.874. The van der Waals surface area contributed by atoms with Gasteiger partial charge in [0.05, 0.1) is 10.6 Å². The lowest BCUT2D eigenvalue weighted by molar-refractivity contribution is 0.0696. The van der Waals surface area contributed by atoms with Gasteiger partial charge in [-0.3, -0.25) is 0 Å². The predicted molar refractivity (Wildman–Crippen MR) is 77.7 cm³/mol. The number of hydrogen-bond donors (Lipinski definition) is 1. The maximum Gasteiger partial charge on any atom is 0.335 e. The zero-order valence-corrected chi connectivity index (χ0v) is 13.2. The van der Waals surface area contributed by atoms with E-state index in [-0.39, 0.29) is 21.4 Å². The first-order valence-electron chi connectivity index (χ1n) is 6.23. The molecule has 1 rings (SSSR count). The molecular weight excluding hydrogens is 302 g/mol. The fourth-order valence-electron chi connectivity index (χ4n) is 1.78. The van der Waals surface area contributed by atoms with Crippen LogP contribution >= 0.6 is 11.6 Å². The third kappa shape index (κ3) is 3.71. The normalized spacial score (nSPS) is 12.1. The average Bonchev–Trinajstić information content (AvgIpc) is 2.35. The van der Waals surface area contributed by atoms with Crippen LogP contribution in [0.25, 0.3) is 0 Å². The van der Waals surface area contributed by atoms with E-state index >= 15 is 0 Å². The molecule has 0 heterocycles. The Labute approximate surface area is 124 Å². The molecule has 1 aromatic carbocycles. The second-order valence-corrected chi connectivity index (χ2v) is 7.11. The van der Waals surface area contributed by atoms with Crippen LogP contribution in [0.3, 0.4) is 0 Å². The monoisotopic (exact) mass is 319 g/mol. The highest BCUT2D eigenvalue weighted by Crippen LogP contribution is 2.26. The van der Waals surface area contributed by atoms with E-state index in [0.29, 0.717) is 13.1 Å². The minimum Gasteiger partial charge on any atom is -0.478 e. The van der Waals surface area contributed by atoms with Crippen LogP contribution in [-0.4, -0.2) is 36.9 Å². The molecule has 0 atom stereocenters. The molecule has 5 nitrogen and oxygen atoms in total. The molecule has 112 valence electrons. The van der Waals surface area contributed by atoms with Gasteiger partial charge in [0.25, 0.3) is 0 Å². The van der Waals surface area contributed by atoms with E-state index in [1.54, 1.807) is 6.92 Å².